The fourth-order valence-corrected chi connectivity index (χ4v) is 3.50. The van der Waals surface area contributed by atoms with Crippen molar-refractivity contribution >= 4 is 40.2 Å². The van der Waals surface area contributed by atoms with E-state index in [9.17, 15) is 4.79 Å². The number of unbranched alkanes of at least 4 members (excludes halogenated alkanes) is 1. The number of hydrogen-bond donors (Lipinski definition) is 1. The van der Waals surface area contributed by atoms with Gasteiger partial charge in [0.05, 0.1) is 11.3 Å². The topological polar surface area (TPSA) is 54.9 Å². The molecule has 3 rings (SSSR count). The molecule has 6 heteroatoms. The summed E-state index contributed by atoms with van der Waals surface area (Å²) < 4.78 is 0. The third-order valence-corrected chi connectivity index (χ3v) is 5.07. The lowest BCUT2D eigenvalue weighted by Gasteiger charge is -2.09. The van der Waals surface area contributed by atoms with Gasteiger partial charge in [0.25, 0.3) is 0 Å². The number of nitrogens with one attached hydrogen (secondary N) is 1. The van der Waals surface area contributed by atoms with Crippen molar-refractivity contribution in [1.82, 2.24) is 15.3 Å². The lowest BCUT2D eigenvalue weighted by Crippen LogP contribution is -2.26. The van der Waals surface area contributed by atoms with Gasteiger partial charge in [0.15, 0.2) is 5.82 Å². The number of nitrogens with zero attached hydrogens (tertiary/aromatic N) is 2. The Kier molecular flexibility index (Phi) is 6.47. The van der Waals surface area contributed by atoms with Crippen molar-refractivity contribution in [3.05, 3.63) is 53.6 Å². The Morgan fingerprint density at radius 3 is 2.73 bits per heavy atom. The van der Waals surface area contributed by atoms with Gasteiger partial charge in [-0.3, -0.25) is 4.79 Å². The predicted octanol–water partition coefficient (Wildman–Crippen LogP) is 4.96. The molecule has 0 atom stereocenters. The second kappa shape index (κ2) is 9.01. The second-order valence-electron chi connectivity index (χ2n) is 5.87. The zero-order valence-corrected chi connectivity index (χ0v) is 16.1. The van der Waals surface area contributed by atoms with Crippen molar-refractivity contribution in [2.75, 3.05) is 12.3 Å². The highest BCUT2D eigenvalue weighted by Gasteiger charge is 2.12. The third-order valence-electron chi connectivity index (χ3n) is 3.85. The fraction of sp³-hybridized carbons (Fsp3) is 0.250. The number of aromatic nitrogens is 2. The smallest absolute Gasteiger partial charge is 0.230 e. The maximum Gasteiger partial charge on any atom is 0.230 e. The molecule has 26 heavy (non-hydrogen) atoms. The summed E-state index contributed by atoms with van der Waals surface area (Å²) in [7, 11) is 0. The van der Waals surface area contributed by atoms with Gasteiger partial charge in [-0.1, -0.05) is 67.0 Å². The first-order valence-corrected chi connectivity index (χ1v) is 9.96. The summed E-state index contributed by atoms with van der Waals surface area (Å²) in [5.41, 5.74) is 1.76. The van der Waals surface area contributed by atoms with E-state index in [1.807, 2.05) is 48.5 Å². The van der Waals surface area contributed by atoms with Crippen LogP contribution in [0.15, 0.2) is 53.6 Å². The molecular weight excluding hydrogens is 366 g/mol. The van der Waals surface area contributed by atoms with E-state index in [0.29, 0.717) is 23.1 Å². The average molecular weight is 386 g/mol. The lowest BCUT2D eigenvalue weighted by atomic mass is 10.2. The quantitative estimate of drug-likeness (QED) is 0.355. The van der Waals surface area contributed by atoms with Gasteiger partial charge in [0.2, 0.25) is 5.91 Å². The molecule has 0 radical (unpaired) electrons. The minimum absolute atomic E-state index is 0.0125. The molecule has 0 aliphatic heterocycles. The number of benzene rings is 2. The minimum atomic E-state index is 0.0125. The van der Waals surface area contributed by atoms with E-state index in [1.54, 1.807) is 0 Å². The number of rotatable bonds is 7. The molecule has 0 spiro atoms. The molecule has 0 fully saturated rings. The molecular formula is C20H20ClN3OS. The molecule has 0 aliphatic rings. The lowest BCUT2D eigenvalue weighted by molar-refractivity contribution is -0.118. The van der Waals surface area contributed by atoms with E-state index in [2.05, 4.69) is 17.2 Å². The van der Waals surface area contributed by atoms with E-state index in [1.165, 1.54) is 11.8 Å². The maximum atomic E-state index is 12.0. The first-order chi connectivity index (χ1) is 12.7. The number of carbonyl (C=O) groups excluding carboxylic acids is 1. The van der Waals surface area contributed by atoms with Gasteiger partial charge in [-0.15, -0.1) is 0 Å². The number of amides is 1. The van der Waals surface area contributed by atoms with Crippen molar-refractivity contribution in [1.29, 1.82) is 0 Å². The molecule has 0 bridgehead atoms. The Morgan fingerprint density at radius 2 is 1.96 bits per heavy atom. The van der Waals surface area contributed by atoms with E-state index < -0.39 is 0 Å². The Labute approximate surface area is 162 Å². The number of hydrogen-bond acceptors (Lipinski definition) is 4. The largest absolute Gasteiger partial charge is 0.355 e. The van der Waals surface area contributed by atoms with Crippen molar-refractivity contribution < 1.29 is 4.79 Å². The average Bonchev–Trinajstić information content (AvgIpc) is 2.67. The monoisotopic (exact) mass is 385 g/mol. The summed E-state index contributed by atoms with van der Waals surface area (Å²) in [6, 6.07) is 15.4. The Bertz CT molecular complexity index is 902. The van der Waals surface area contributed by atoms with Crippen molar-refractivity contribution in [2.45, 2.75) is 24.8 Å². The summed E-state index contributed by atoms with van der Waals surface area (Å²) in [5.74, 6) is 0.976. The Hall–Kier alpha value is -2.11. The van der Waals surface area contributed by atoms with Crippen LogP contribution in [0.4, 0.5) is 0 Å². The van der Waals surface area contributed by atoms with Crippen molar-refractivity contribution in [3.63, 3.8) is 0 Å². The van der Waals surface area contributed by atoms with Gasteiger partial charge in [0.1, 0.15) is 5.03 Å². The zero-order chi connectivity index (χ0) is 18.4. The molecule has 0 aliphatic carbocycles. The maximum absolute atomic E-state index is 12.0. The van der Waals surface area contributed by atoms with Crippen LogP contribution in [0.3, 0.4) is 0 Å². The minimum Gasteiger partial charge on any atom is -0.355 e. The van der Waals surface area contributed by atoms with Crippen molar-refractivity contribution in [2.24, 2.45) is 0 Å². The molecule has 1 aromatic heterocycles. The number of fused-ring (bicyclic) bond motifs is 1. The summed E-state index contributed by atoms with van der Waals surface area (Å²) >= 11 is 7.56. The highest BCUT2D eigenvalue weighted by atomic mass is 35.5. The van der Waals surface area contributed by atoms with E-state index in [0.717, 1.165) is 34.3 Å². The highest BCUT2D eigenvalue weighted by Crippen LogP contribution is 2.30. The van der Waals surface area contributed by atoms with E-state index in [-0.39, 0.29) is 5.91 Å². The van der Waals surface area contributed by atoms with Crippen LogP contribution in [-0.4, -0.2) is 28.2 Å². The molecule has 0 unspecified atom stereocenters. The molecule has 3 aromatic rings. The number of halogens is 1. The molecule has 0 saturated heterocycles. The molecule has 2 aromatic carbocycles. The SMILES string of the molecule is CCCCNC(=O)CSc1nc(-c2ccccc2)nc2ccc(Cl)cc12. The molecule has 1 amide bonds. The van der Waals surface area contributed by atoms with Gasteiger partial charge in [-0.2, -0.15) is 0 Å². The molecule has 0 saturated carbocycles. The number of thioether (sulfide) groups is 1. The van der Waals surface area contributed by atoms with Gasteiger partial charge in [-0.05, 0) is 24.6 Å². The summed E-state index contributed by atoms with van der Waals surface area (Å²) in [6.45, 7) is 2.81. The summed E-state index contributed by atoms with van der Waals surface area (Å²) in [6.07, 6.45) is 2.05. The number of carbonyl (C=O) groups is 1. The van der Waals surface area contributed by atoms with Crippen LogP contribution in [0.5, 0.6) is 0 Å². The van der Waals surface area contributed by atoms with E-state index in [4.69, 9.17) is 16.6 Å². The summed E-state index contributed by atoms with van der Waals surface area (Å²) in [4.78, 5) is 21.4. The highest BCUT2D eigenvalue weighted by molar-refractivity contribution is 8.00. The van der Waals surface area contributed by atoms with Crippen LogP contribution >= 0.6 is 23.4 Å². The first kappa shape index (κ1) is 18.7. The zero-order valence-electron chi connectivity index (χ0n) is 14.5. The Morgan fingerprint density at radius 1 is 1.15 bits per heavy atom. The van der Waals surface area contributed by atoms with Crippen LogP contribution in [0, 0.1) is 0 Å². The Balaban J connectivity index is 1.89. The summed E-state index contributed by atoms with van der Waals surface area (Å²) in [5, 5.41) is 5.19. The second-order valence-corrected chi connectivity index (χ2v) is 7.27. The van der Waals surface area contributed by atoms with Crippen LogP contribution in [-0.2, 0) is 4.79 Å². The van der Waals surface area contributed by atoms with Gasteiger partial charge >= 0.3 is 0 Å². The molecule has 134 valence electrons. The van der Waals surface area contributed by atoms with Gasteiger partial charge in [0, 0.05) is 22.5 Å². The first-order valence-electron chi connectivity index (χ1n) is 8.59. The fourth-order valence-electron chi connectivity index (χ4n) is 2.49. The molecule has 4 nitrogen and oxygen atoms in total. The van der Waals surface area contributed by atoms with E-state index >= 15 is 0 Å². The van der Waals surface area contributed by atoms with Gasteiger partial charge in [-0.25, -0.2) is 9.97 Å². The molecule has 1 N–H and O–H groups in total. The molecule has 1 heterocycles. The standard InChI is InChI=1S/C20H20ClN3OS/c1-2-3-11-22-18(25)13-26-20-16-12-15(21)9-10-17(16)23-19(24-20)14-7-5-4-6-8-14/h4-10,12H,2-3,11,13H2,1H3,(H,22,25). The third kappa shape index (κ3) is 4.74. The van der Waals surface area contributed by atoms with Crippen LogP contribution < -0.4 is 5.32 Å². The van der Waals surface area contributed by atoms with Crippen LogP contribution in [0.2, 0.25) is 5.02 Å². The van der Waals surface area contributed by atoms with Gasteiger partial charge < -0.3 is 5.32 Å². The normalized spacial score (nSPS) is 10.8. The van der Waals surface area contributed by atoms with Crippen LogP contribution in [0.25, 0.3) is 22.3 Å². The predicted molar refractivity (Wildman–Crippen MR) is 109 cm³/mol. The van der Waals surface area contributed by atoms with Crippen molar-refractivity contribution in [3.8, 4) is 11.4 Å². The van der Waals surface area contributed by atoms with Crippen LogP contribution in [0.1, 0.15) is 19.8 Å².